The van der Waals surface area contributed by atoms with Crippen LogP contribution in [0.15, 0.2) is 41.5 Å². The second-order valence-corrected chi connectivity index (χ2v) is 19.2. The molecule has 7 rings (SSSR count). The number of aliphatic hydroxyl groups excluding tert-OH is 1. The molecule has 4 fully saturated rings. The van der Waals surface area contributed by atoms with Gasteiger partial charge >= 0.3 is 5.97 Å². The monoisotopic (exact) mass is 683 g/mol. The highest BCUT2D eigenvalue weighted by molar-refractivity contribution is 6.01. The minimum Gasteiger partial charge on any atom is -0.478 e. The van der Waals surface area contributed by atoms with Gasteiger partial charge in [0.15, 0.2) is 5.78 Å². The summed E-state index contributed by atoms with van der Waals surface area (Å²) in [6.07, 6.45) is 11.7. The van der Waals surface area contributed by atoms with Gasteiger partial charge in [0.1, 0.15) is 0 Å². The lowest BCUT2D eigenvalue weighted by Gasteiger charge is -2.71. The van der Waals surface area contributed by atoms with Crippen LogP contribution in [0, 0.1) is 56.7 Å². The molecule has 8 atom stereocenters. The summed E-state index contributed by atoms with van der Waals surface area (Å²) in [5.41, 5.74) is 4.62. The van der Waals surface area contributed by atoms with E-state index in [0.717, 1.165) is 68.9 Å². The SMILES string of the molecule is CC(=O)N(CC1CC1)C[C@H](O)[C@@]12CC[C@]3(C)[C@H](CC[C@@H]4[C@@]5(C)CC=C(c6ccc(C(=O)O)cc6)C(C)(C)[C@@H]5CC[C@]43C)C1=C(C(C)C)C(=O)C2. The number of carbonyl (C=O) groups excluding carboxylic acids is 2. The van der Waals surface area contributed by atoms with Crippen molar-refractivity contribution >= 4 is 23.2 Å². The Morgan fingerprint density at radius 3 is 2.18 bits per heavy atom. The van der Waals surface area contributed by atoms with Gasteiger partial charge in [-0.2, -0.15) is 0 Å². The molecule has 6 aliphatic rings. The molecular formula is C44H61NO5. The van der Waals surface area contributed by atoms with Gasteiger partial charge in [-0.25, -0.2) is 4.79 Å². The highest BCUT2D eigenvalue weighted by Gasteiger charge is 2.70. The maximum absolute atomic E-state index is 14.1. The average Bonchev–Trinajstić information content (AvgIpc) is 3.80. The minimum atomic E-state index is -0.893. The summed E-state index contributed by atoms with van der Waals surface area (Å²) < 4.78 is 0. The number of aliphatic hydroxyl groups is 1. The number of nitrogens with zero attached hydrogens (tertiary/aromatic N) is 1. The predicted molar refractivity (Wildman–Crippen MR) is 197 cm³/mol. The maximum Gasteiger partial charge on any atom is 0.335 e. The summed E-state index contributed by atoms with van der Waals surface area (Å²) in [6, 6.07) is 7.46. The molecule has 0 aliphatic heterocycles. The molecule has 4 saturated carbocycles. The number of hydrogen-bond donors (Lipinski definition) is 2. The summed E-state index contributed by atoms with van der Waals surface area (Å²) in [6.45, 7) is 19.5. The van der Waals surface area contributed by atoms with Crippen LogP contribution in [0.2, 0.25) is 0 Å². The van der Waals surface area contributed by atoms with Crippen LogP contribution in [0.3, 0.4) is 0 Å². The fourth-order valence-corrected chi connectivity index (χ4v) is 13.3. The van der Waals surface area contributed by atoms with Crippen LogP contribution in [-0.4, -0.2) is 52.0 Å². The molecule has 0 saturated heterocycles. The molecule has 1 amide bonds. The van der Waals surface area contributed by atoms with Crippen molar-refractivity contribution in [1.29, 1.82) is 0 Å². The van der Waals surface area contributed by atoms with E-state index in [2.05, 4.69) is 54.5 Å². The van der Waals surface area contributed by atoms with E-state index in [1.807, 2.05) is 17.0 Å². The normalized spacial score (nSPS) is 38.1. The van der Waals surface area contributed by atoms with Crippen molar-refractivity contribution < 1.29 is 24.6 Å². The second-order valence-electron chi connectivity index (χ2n) is 19.2. The van der Waals surface area contributed by atoms with Crippen molar-refractivity contribution in [3.63, 3.8) is 0 Å². The van der Waals surface area contributed by atoms with E-state index in [1.54, 1.807) is 19.1 Å². The van der Waals surface area contributed by atoms with E-state index in [4.69, 9.17) is 0 Å². The van der Waals surface area contributed by atoms with Crippen LogP contribution in [0.25, 0.3) is 5.57 Å². The van der Waals surface area contributed by atoms with Crippen LogP contribution in [0.5, 0.6) is 0 Å². The Morgan fingerprint density at radius 2 is 1.58 bits per heavy atom. The van der Waals surface area contributed by atoms with E-state index < -0.39 is 17.5 Å². The Morgan fingerprint density at radius 1 is 0.900 bits per heavy atom. The van der Waals surface area contributed by atoms with Crippen LogP contribution in [0.4, 0.5) is 0 Å². The number of rotatable bonds is 8. The lowest BCUT2D eigenvalue weighted by Crippen LogP contribution is -2.64. The predicted octanol–water partition coefficient (Wildman–Crippen LogP) is 8.98. The third-order valence-corrected chi connectivity index (χ3v) is 16.2. The quantitative estimate of drug-likeness (QED) is 0.285. The summed E-state index contributed by atoms with van der Waals surface area (Å²) in [4.78, 5) is 40.3. The van der Waals surface area contributed by atoms with Gasteiger partial charge in [-0.3, -0.25) is 9.59 Å². The third-order valence-electron chi connectivity index (χ3n) is 16.2. The zero-order valence-corrected chi connectivity index (χ0v) is 31.9. The molecule has 272 valence electrons. The van der Waals surface area contributed by atoms with Crippen molar-refractivity contribution in [3.05, 3.63) is 52.6 Å². The Labute approximate surface area is 300 Å². The highest BCUT2D eigenvalue weighted by Crippen LogP contribution is 2.77. The van der Waals surface area contributed by atoms with Crippen molar-refractivity contribution in [2.24, 2.45) is 56.7 Å². The number of benzene rings is 1. The zero-order chi connectivity index (χ0) is 36.2. The first-order chi connectivity index (χ1) is 23.4. The molecule has 50 heavy (non-hydrogen) atoms. The summed E-state index contributed by atoms with van der Waals surface area (Å²) >= 11 is 0. The number of carboxylic acid groups (broad SMARTS) is 1. The molecule has 0 spiro atoms. The number of aromatic carboxylic acids is 1. The van der Waals surface area contributed by atoms with E-state index in [9.17, 15) is 24.6 Å². The summed E-state index contributed by atoms with van der Waals surface area (Å²) in [7, 11) is 0. The molecule has 1 aromatic rings. The number of amides is 1. The van der Waals surface area contributed by atoms with Crippen molar-refractivity contribution in [1.82, 2.24) is 4.90 Å². The average molecular weight is 684 g/mol. The Kier molecular flexibility index (Phi) is 8.49. The first kappa shape index (κ1) is 35.7. The summed E-state index contributed by atoms with van der Waals surface area (Å²) in [5, 5.41) is 21.8. The molecule has 1 aromatic carbocycles. The molecule has 0 radical (unpaired) electrons. The molecule has 0 aromatic heterocycles. The highest BCUT2D eigenvalue weighted by atomic mass is 16.4. The smallest absolute Gasteiger partial charge is 0.335 e. The van der Waals surface area contributed by atoms with Gasteiger partial charge in [-0.15, -0.1) is 0 Å². The first-order valence-corrected chi connectivity index (χ1v) is 19.7. The van der Waals surface area contributed by atoms with Crippen molar-refractivity contribution in [3.8, 4) is 0 Å². The van der Waals surface area contributed by atoms with Crippen molar-refractivity contribution in [2.75, 3.05) is 13.1 Å². The molecule has 2 N–H and O–H groups in total. The fraction of sp³-hybridized carbons (Fsp3) is 0.705. The lowest BCUT2D eigenvalue weighted by molar-refractivity contribution is -0.200. The van der Waals surface area contributed by atoms with Gasteiger partial charge in [0, 0.05) is 31.8 Å². The zero-order valence-electron chi connectivity index (χ0n) is 31.9. The van der Waals surface area contributed by atoms with Gasteiger partial charge in [0.2, 0.25) is 5.91 Å². The Hall–Kier alpha value is -2.73. The van der Waals surface area contributed by atoms with E-state index >= 15 is 0 Å². The number of carboxylic acids is 1. The number of carbonyl (C=O) groups is 3. The van der Waals surface area contributed by atoms with Gasteiger partial charge in [-0.05, 0) is 138 Å². The van der Waals surface area contributed by atoms with Crippen LogP contribution in [0.1, 0.15) is 136 Å². The molecule has 0 unspecified atom stereocenters. The van der Waals surface area contributed by atoms with Crippen LogP contribution >= 0.6 is 0 Å². The second kappa shape index (κ2) is 11.9. The molecule has 6 heteroatoms. The molecule has 6 nitrogen and oxygen atoms in total. The van der Waals surface area contributed by atoms with E-state index in [1.165, 1.54) is 11.1 Å². The molecule has 6 aliphatic carbocycles. The molecule has 0 bridgehead atoms. The van der Waals surface area contributed by atoms with Crippen molar-refractivity contribution in [2.45, 2.75) is 126 Å². The number of allylic oxidation sites excluding steroid dienone is 3. The van der Waals surface area contributed by atoms with Gasteiger partial charge in [0.05, 0.1) is 11.7 Å². The summed E-state index contributed by atoms with van der Waals surface area (Å²) in [5.74, 6) is 1.29. The van der Waals surface area contributed by atoms with E-state index in [-0.39, 0.29) is 45.2 Å². The topological polar surface area (TPSA) is 94.9 Å². The number of hydrogen-bond acceptors (Lipinski definition) is 4. The minimum absolute atomic E-state index is 0.00226. The standard InChI is InChI=1S/C44H61NO5/c1-26(2)37-33(47)23-44(36(48)25-45(27(3)46)24-28-9-10-28)22-21-42(7)32(38(37)44)15-16-35-41(6)19-17-31(29-11-13-30(14-12-29)39(49)50)40(4,5)34(41)18-20-43(35,42)8/h11-14,17,26,28,32,34-36,48H,9-10,15-16,18-25H2,1-8H3,(H,49,50)/t32-,34+,35-,36+,41+,42-,43-,44+/m1/s1. The Balaban J connectivity index is 1.23. The van der Waals surface area contributed by atoms with Gasteiger partial charge < -0.3 is 15.1 Å². The molecular weight excluding hydrogens is 622 g/mol. The van der Waals surface area contributed by atoms with Gasteiger partial charge in [-0.1, -0.05) is 72.2 Å². The lowest BCUT2D eigenvalue weighted by atomic mass is 9.33. The first-order valence-electron chi connectivity index (χ1n) is 19.7. The maximum atomic E-state index is 14.1. The number of ketones is 1. The Bertz CT molecular complexity index is 1650. The number of fused-ring (bicyclic) bond motifs is 7. The fourth-order valence-electron chi connectivity index (χ4n) is 13.3. The number of Topliss-reactive ketones (excluding diaryl/α,β-unsaturated/α-hetero) is 1. The largest absolute Gasteiger partial charge is 0.478 e. The van der Waals surface area contributed by atoms with Crippen LogP contribution < -0.4 is 0 Å². The van der Waals surface area contributed by atoms with Gasteiger partial charge in [0.25, 0.3) is 0 Å². The third kappa shape index (κ3) is 5.07. The molecule has 0 heterocycles. The van der Waals surface area contributed by atoms with E-state index in [0.29, 0.717) is 42.8 Å². The van der Waals surface area contributed by atoms with Crippen LogP contribution in [-0.2, 0) is 9.59 Å².